The fraction of sp³-hybridized carbons (Fsp3) is 0.200. The standard InChI is InChI=1S/C20H18N4OS3/c1-3-24(13(2)25)20-23-15(11-27-20)10-26-18-16-9-17(14-7-5-4-6-8-14)28-19(16)22-12-21-18/h4-9,11-12H,3,10H2,1-2H3. The number of thiophene rings is 1. The number of thioether (sulfide) groups is 1. The number of nitrogens with zero attached hydrogens (tertiary/aromatic N) is 4. The van der Waals surface area contributed by atoms with Gasteiger partial charge in [-0.05, 0) is 18.6 Å². The number of fused-ring (bicyclic) bond motifs is 1. The second kappa shape index (κ2) is 8.38. The minimum atomic E-state index is 0.0141. The number of amides is 1. The molecule has 3 heterocycles. The summed E-state index contributed by atoms with van der Waals surface area (Å²) in [7, 11) is 0. The lowest BCUT2D eigenvalue weighted by molar-refractivity contribution is -0.116. The van der Waals surface area contributed by atoms with E-state index in [9.17, 15) is 4.79 Å². The van der Waals surface area contributed by atoms with E-state index in [0.717, 1.165) is 26.1 Å². The van der Waals surface area contributed by atoms with Crippen LogP contribution in [0.3, 0.4) is 0 Å². The van der Waals surface area contributed by atoms with Gasteiger partial charge in [0.15, 0.2) is 5.13 Å². The third kappa shape index (κ3) is 3.94. The highest BCUT2D eigenvalue weighted by Gasteiger charge is 2.15. The quantitative estimate of drug-likeness (QED) is 0.302. The summed E-state index contributed by atoms with van der Waals surface area (Å²) in [4.78, 5) is 29.1. The van der Waals surface area contributed by atoms with E-state index in [1.165, 1.54) is 21.8 Å². The molecule has 3 aromatic heterocycles. The van der Waals surface area contributed by atoms with Gasteiger partial charge in [0.1, 0.15) is 16.2 Å². The minimum absolute atomic E-state index is 0.0141. The highest BCUT2D eigenvalue weighted by atomic mass is 32.2. The predicted molar refractivity (Wildman–Crippen MR) is 118 cm³/mol. The third-order valence-electron chi connectivity index (χ3n) is 4.17. The van der Waals surface area contributed by atoms with Crippen molar-refractivity contribution in [2.45, 2.75) is 24.6 Å². The molecular formula is C20H18N4OS3. The lowest BCUT2D eigenvalue weighted by atomic mass is 10.2. The Labute approximate surface area is 175 Å². The van der Waals surface area contributed by atoms with E-state index in [4.69, 9.17) is 0 Å². The van der Waals surface area contributed by atoms with E-state index >= 15 is 0 Å². The van der Waals surface area contributed by atoms with Crippen molar-refractivity contribution in [2.75, 3.05) is 11.4 Å². The summed E-state index contributed by atoms with van der Waals surface area (Å²) in [6.45, 7) is 4.15. The number of carbonyl (C=O) groups excluding carboxylic acids is 1. The number of carbonyl (C=O) groups is 1. The van der Waals surface area contributed by atoms with Crippen LogP contribution in [-0.2, 0) is 10.5 Å². The van der Waals surface area contributed by atoms with Gasteiger partial charge in [0, 0.05) is 34.9 Å². The molecule has 0 N–H and O–H groups in total. The molecule has 0 bridgehead atoms. The van der Waals surface area contributed by atoms with Gasteiger partial charge >= 0.3 is 0 Å². The van der Waals surface area contributed by atoms with Gasteiger partial charge in [-0.25, -0.2) is 15.0 Å². The molecule has 0 fully saturated rings. The van der Waals surface area contributed by atoms with Crippen LogP contribution >= 0.6 is 34.4 Å². The van der Waals surface area contributed by atoms with Gasteiger partial charge in [0.05, 0.1) is 5.69 Å². The molecule has 0 saturated carbocycles. The van der Waals surface area contributed by atoms with Crippen molar-refractivity contribution in [1.82, 2.24) is 15.0 Å². The van der Waals surface area contributed by atoms with Gasteiger partial charge < -0.3 is 0 Å². The molecule has 5 nitrogen and oxygen atoms in total. The first-order chi connectivity index (χ1) is 13.7. The maximum Gasteiger partial charge on any atom is 0.225 e. The monoisotopic (exact) mass is 426 g/mol. The average Bonchev–Trinajstić information content (AvgIpc) is 3.34. The van der Waals surface area contributed by atoms with Crippen molar-refractivity contribution in [2.24, 2.45) is 0 Å². The Balaban J connectivity index is 1.55. The second-order valence-electron chi connectivity index (χ2n) is 6.05. The number of benzene rings is 1. The second-order valence-corrected chi connectivity index (χ2v) is 8.88. The smallest absolute Gasteiger partial charge is 0.225 e. The molecule has 1 amide bonds. The first kappa shape index (κ1) is 19.0. The Morgan fingerprint density at radius 2 is 2.04 bits per heavy atom. The van der Waals surface area contributed by atoms with Crippen molar-refractivity contribution >= 4 is 55.7 Å². The summed E-state index contributed by atoms with van der Waals surface area (Å²) in [5, 5.41) is 4.79. The number of anilines is 1. The van der Waals surface area contributed by atoms with E-state index in [-0.39, 0.29) is 5.91 Å². The highest BCUT2D eigenvalue weighted by Crippen LogP contribution is 2.37. The Kier molecular flexibility index (Phi) is 5.70. The Bertz CT molecular complexity index is 1110. The van der Waals surface area contributed by atoms with E-state index in [1.54, 1.807) is 41.2 Å². The first-order valence-corrected chi connectivity index (χ1v) is 11.5. The topological polar surface area (TPSA) is 59.0 Å². The molecule has 0 aliphatic carbocycles. The summed E-state index contributed by atoms with van der Waals surface area (Å²) in [6, 6.07) is 12.5. The van der Waals surface area contributed by atoms with Crippen LogP contribution in [0.1, 0.15) is 19.5 Å². The number of thiazole rings is 1. The van der Waals surface area contributed by atoms with E-state index in [2.05, 4.69) is 33.2 Å². The molecule has 1 aromatic carbocycles. The van der Waals surface area contributed by atoms with Gasteiger partial charge in [0.25, 0.3) is 0 Å². The largest absolute Gasteiger partial charge is 0.289 e. The minimum Gasteiger partial charge on any atom is -0.289 e. The molecule has 142 valence electrons. The molecule has 4 aromatic rings. The molecule has 0 aliphatic heterocycles. The maximum absolute atomic E-state index is 11.7. The van der Waals surface area contributed by atoms with Crippen molar-refractivity contribution in [3.05, 3.63) is 53.8 Å². The third-order valence-corrected chi connectivity index (χ3v) is 7.22. The van der Waals surface area contributed by atoms with Crippen LogP contribution in [0.5, 0.6) is 0 Å². The summed E-state index contributed by atoms with van der Waals surface area (Å²) >= 11 is 4.83. The zero-order chi connectivity index (χ0) is 19.5. The molecule has 4 rings (SSSR count). The summed E-state index contributed by atoms with van der Waals surface area (Å²) in [5.74, 6) is 0.717. The Morgan fingerprint density at radius 1 is 1.21 bits per heavy atom. The molecule has 0 spiro atoms. The highest BCUT2D eigenvalue weighted by molar-refractivity contribution is 7.98. The molecule has 8 heteroatoms. The zero-order valence-corrected chi connectivity index (χ0v) is 17.9. The van der Waals surface area contributed by atoms with E-state index < -0.39 is 0 Å². The normalized spacial score (nSPS) is 11.1. The molecule has 0 aliphatic rings. The van der Waals surface area contributed by atoms with Crippen LogP contribution < -0.4 is 4.90 Å². The number of rotatable bonds is 6. The summed E-state index contributed by atoms with van der Waals surface area (Å²) in [5.41, 5.74) is 2.14. The van der Waals surface area contributed by atoms with Crippen LogP contribution in [0, 0.1) is 0 Å². The van der Waals surface area contributed by atoms with Crippen LogP contribution in [-0.4, -0.2) is 27.4 Å². The fourth-order valence-electron chi connectivity index (χ4n) is 2.81. The molecule has 0 radical (unpaired) electrons. The molecule has 0 saturated heterocycles. The molecular weight excluding hydrogens is 408 g/mol. The van der Waals surface area contributed by atoms with Gasteiger partial charge in [-0.2, -0.15) is 0 Å². The summed E-state index contributed by atoms with van der Waals surface area (Å²) < 4.78 is 0. The van der Waals surface area contributed by atoms with Gasteiger partial charge in [0.2, 0.25) is 5.91 Å². The Hall–Kier alpha value is -2.29. The lowest BCUT2D eigenvalue weighted by Crippen LogP contribution is -2.27. The van der Waals surface area contributed by atoms with Crippen molar-refractivity contribution in [3.8, 4) is 10.4 Å². The van der Waals surface area contributed by atoms with Crippen molar-refractivity contribution in [3.63, 3.8) is 0 Å². The van der Waals surface area contributed by atoms with E-state index in [1.807, 2.05) is 30.5 Å². The van der Waals surface area contributed by atoms with Crippen LogP contribution in [0.4, 0.5) is 5.13 Å². The lowest BCUT2D eigenvalue weighted by Gasteiger charge is -2.14. The number of hydrogen-bond acceptors (Lipinski definition) is 7. The maximum atomic E-state index is 11.7. The average molecular weight is 427 g/mol. The van der Waals surface area contributed by atoms with Gasteiger partial charge in [-0.1, -0.05) is 42.1 Å². The fourth-order valence-corrected chi connectivity index (χ4v) is 5.79. The van der Waals surface area contributed by atoms with Crippen molar-refractivity contribution in [1.29, 1.82) is 0 Å². The number of aromatic nitrogens is 3. The Morgan fingerprint density at radius 3 is 2.79 bits per heavy atom. The zero-order valence-electron chi connectivity index (χ0n) is 15.5. The van der Waals surface area contributed by atoms with Crippen LogP contribution in [0.2, 0.25) is 0 Å². The SMILES string of the molecule is CCN(C(C)=O)c1nc(CSc2ncnc3sc(-c4ccccc4)cc23)cs1. The van der Waals surface area contributed by atoms with Crippen molar-refractivity contribution < 1.29 is 4.79 Å². The van der Waals surface area contributed by atoms with Crippen LogP contribution in [0.15, 0.2) is 53.1 Å². The van der Waals surface area contributed by atoms with Gasteiger partial charge in [-0.15, -0.1) is 22.7 Å². The summed E-state index contributed by atoms with van der Waals surface area (Å²) in [6.07, 6.45) is 1.62. The van der Waals surface area contributed by atoms with Crippen LogP contribution in [0.25, 0.3) is 20.7 Å². The first-order valence-electron chi connectivity index (χ1n) is 8.81. The van der Waals surface area contributed by atoms with E-state index in [0.29, 0.717) is 12.3 Å². The molecule has 0 atom stereocenters. The predicted octanol–water partition coefficient (Wildman–Crippen LogP) is 5.48. The van der Waals surface area contributed by atoms with Gasteiger partial charge in [-0.3, -0.25) is 9.69 Å². The molecule has 0 unspecified atom stereocenters. The molecule has 28 heavy (non-hydrogen) atoms. The number of hydrogen-bond donors (Lipinski definition) is 0.